The fourth-order valence-electron chi connectivity index (χ4n) is 1.70. The fraction of sp³-hybridized carbons (Fsp3) is 0.500. The molecule has 0 aliphatic heterocycles. The van der Waals surface area contributed by atoms with Gasteiger partial charge in [0.25, 0.3) is 0 Å². The Bertz CT molecular complexity index is 439. The highest BCUT2D eigenvalue weighted by atomic mass is 19.3. The Hall–Kier alpha value is -1.69. The van der Waals surface area contributed by atoms with Gasteiger partial charge in [-0.05, 0) is 38.5 Å². The van der Waals surface area contributed by atoms with Crippen molar-refractivity contribution >= 4 is 5.91 Å². The molecular formula is C14H20F2N2O2. The standard InChI is InChI=1S/C14H20F2N2O2/c1-9(2)18-13(19)8-17-10(3)11-5-4-6-12(7-11)20-14(15)16/h4-7,9-10,14,17H,8H2,1-3H3,(H,18,19). The lowest BCUT2D eigenvalue weighted by atomic mass is 10.1. The van der Waals surface area contributed by atoms with Gasteiger partial charge in [0.05, 0.1) is 6.54 Å². The molecule has 0 radical (unpaired) electrons. The second kappa shape index (κ2) is 7.79. The van der Waals surface area contributed by atoms with E-state index in [1.807, 2.05) is 20.8 Å². The van der Waals surface area contributed by atoms with E-state index in [9.17, 15) is 13.6 Å². The Morgan fingerprint density at radius 3 is 2.60 bits per heavy atom. The number of amides is 1. The molecule has 1 rings (SSSR count). The van der Waals surface area contributed by atoms with Gasteiger partial charge in [-0.1, -0.05) is 12.1 Å². The zero-order chi connectivity index (χ0) is 15.1. The van der Waals surface area contributed by atoms with Crippen molar-refractivity contribution in [2.45, 2.75) is 39.5 Å². The van der Waals surface area contributed by atoms with Crippen LogP contribution in [0.15, 0.2) is 24.3 Å². The Morgan fingerprint density at radius 1 is 1.30 bits per heavy atom. The Balaban J connectivity index is 2.54. The lowest BCUT2D eigenvalue weighted by Crippen LogP contribution is -2.38. The van der Waals surface area contributed by atoms with Gasteiger partial charge in [-0.2, -0.15) is 8.78 Å². The molecule has 1 amide bonds. The van der Waals surface area contributed by atoms with E-state index < -0.39 is 6.61 Å². The van der Waals surface area contributed by atoms with Gasteiger partial charge in [0.1, 0.15) is 5.75 Å². The highest BCUT2D eigenvalue weighted by molar-refractivity contribution is 5.78. The van der Waals surface area contributed by atoms with Gasteiger partial charge >= 0.3 is 6.61 Å². The van der Waals surface area contributed by atoms with E-state index >= 15 is 0 Å². The third kappa shape index (κ3) is 5.97. The lowest BCUT2D eigenvalue weighted by molar-refractivity contribution is -0.120. The van der Waals surface area contributed by atoms with Gasteiger partial charge in [-0.15, -0.1) is 0 Å². The molecule has 1 aromatic carbocycles. The molecule has 0 spiro atoms. The van der Waals surface area contributed by atoms with Gasteiger partial charge in [-0.3, -0.25) is 4.79 Å². The maximum atomic E-state index is 12.1. The van der Waals surface area contributed by atoms with Crippen LogP contribution >= 0.6 is 0 Å². The van der Waals surface area contributed by atoms with E-state index in [4.69, 9.17) is 0 Å². The summed E-state index contributed by atoms with van der Waals surface area (Å²) in [6.07, 6.45) is 0. The summed E-state index contributed by atoms with van der Waals surface area (Å²) in [5.41, 5.74) is 0.778. The summed E-state index contributed by atoms with van der Waals surface area (Å²) in [7, 11) is 0. The van der Waals surface area contributed by atoms with Crippen LogP contribution in [0.25, 0.3) is 0 Å². The molecule has 0 heterocycles. The number of halogens is 2. The van der Waals surface area contributed by atoms with Crippen LogP contribution in [0.4, 0.5) is 8.78 Å². The molecular weight excluding hydrogens is 266 g/mol. The molecule has 0 aliphatic rings. The van der Waals surface area contributed by atoms with Crippen LogP contribution in [0.1, 0.15) is 32.4 Å². The topological polar surface area (TPSA) is 50.4 Å². The zero-order valence-corrected chi connectivity index (χ0v) is 11.8. The van der Waals surface area contributed by atoms with E-state index in [0.717, 1.165) is 5.56 Å². The molecule has 1 aromatic rings. The normalized spacial score (nSPS) is 12.6. The summed E-state index contributed by atoms with van der Waals surface area (Å²) in [5.74, 6) is 0.00427. The maximum Gasteiger partial charge on any atom is 0.387 e. The van der Waals surface area contributed by atoms with Crippen molar-refractivity contribution in [2.75, 3.05) is 6.54 Å². The van der Waals surface area contributed by atoms with E-state index in [1.165, 1.54) is 12.1 Å². The zero-order valence-electron chi connectivity index (χ0n) is 11.8. The number of rotatable bonds is 7. The van der Waals surface area contributed by atoms with Gasteiger partial charge in [-0.25, -0.2) is 0 Å². The molecule has 112 valence electrons. The quantitative estimate of drug-likeness (QED) is 0.809. The second-order valence-electron chi connectivity index (χ2n) is 4.78. The highest BCUT2D eigenvalue weighted by Gasteiger charge is 2.10. The molecule has 0 aliphatic carbocycles. The van der Waals surface area contributed by atoms with Gasteiger partial charge < -0.3 is 15.4 Å². The Labute approximate surface area is 117 Å². The van der Waals surface area contributed by atoms with Gasteiger partial charge in [0.15, 0.2) is 0 Å². The minimum absolute atomic E-state index is 0.0855. The van der Waals surface area contributed by atoms with Crippen LogP contribution in [-0.2, 0) is 4.79 Å². The number of ether oxygens (including phenoxy) is 1. The summed E-state index contributed by atoms with van der Waals surface area (Å²) in [6, 6.07) is 6.37. The molecule has 2 N–H and O–H groups in total. The van der Waals surface area contributed by atoms with Crippen LogP contribution < -0.4 is 15.4 Å². The Kier molecular flexibility index (Phi) is 6.38. The van der Waals surface area contributed by atoms with Crippen molar-refractivity contribution in [3.05, 3.63) is 29.8 Å². The largest absolute Gasteiger partial charge is 0.435 e. The predicted molar refractivity (Wildman–Crippen MR) is 72.8 cm³/mol. The van der Waals surface area contributed by atoms with Crippen LogP contribution in [0.3, 0.4) is 0 Å². The maximum absolute atomic E-state index is 12.1. The van der Waals surface area contributed by atoms with Gasteiger partial charge in [0, 0.05) is 12.1 Å². The first kappa shape index (κ1) is 16.4. The first-order chi connectivity index (χ1) is 9.38. The number of carbonyl (C=O) groups is 1. The molecule has 20 heavy (non-hydrogen) atoms. The van der Waals surface area contributed by atoms with Crippen molar-refractivity contribution in [1.82, 2.24) is 10.6 Å². The van der Waals surface area contributed by atoms with Crippen LogP contribution in [0.5, 0.6) is 5.75 Å². The monoisotopic (exact) mass is 286 g/mol. The molecule has 0 fully saturated rings. The summed E-state index contributed by atoms with van der Waals surface area (Å²) in [5, 5.41) is 5.79. The molecule has 0 bridgehead atoms. The van der Waals surface area contributed by atoms with Gasteiger partial charge in [0.2, 0.25) is 5.91 Å². The van der Waals surface area contributed by atoms with E-state index in [2.05, 4.69) is 15.4 Å². The number of alkyl halides is 2. The Morgan fingerprint density at radius 2 is 2.00 bits per heavy atom. The third-order valence-corrected chi connectivity index (χ3v) is 2.60. The first-order valence-corrected chi connectivity index (χ1v) is 6.46. The van der Waals surface area contributed by atoms with Crippen molar-refractivity contribution in [2.24, 2.45) is 0 Å². The predicted octanol–water partition coefficient (Wildman–Crippen LogP) is 2.46. The first-order valence-electron chi connectivity index (χ1n) is 6.46. The SMILES string of the molecule is CC(C)NC(=O)CNC(C)c1cccc(OC(F)F)c1. The second-order valence-corrected chi connectivity index (χ2v) is 4.78. The van der Waals surface area contributed by atoms with Crippen LogP contribution in [0, 0.1) is 0 Å². The van der Waals surface area contributed by atoms with Crippen molar-refractivity contribution in [3.8, 4) is 5.75 Å². The minimum Gasteiger partial charge on any atom is -0.435 e. The minimum atomic E-state index is -2.84. The summed E-state index contributed by atoms with van der Waals surface area (Å²) in [4.78, 5) is 11.5. The smallest absolute Gasteiger partial charge is 0.387 e. The van der Waals surface area contributed by atoms with Crippen molar-refractivity contribution in [3.63, 3.8) is 0 Å². The number of hydrogen-bond acceptors (Lipinski definition) is 3. The molecule has 1 unspecified atom stereocenters. The molecule has 1 atom stereocenters. The summed E-state index contributed by atoms with van der Waals surface area (Å²) < 4.78 is 28.6. The van der Waals surface area contributed by atoms with E-state index in [-0.39, 0.29) is 30.3 Å². The summed E-state index contributed by atoms with van der Waals surface area (Å²) in [6.45, 7) is 2.94. The number of carbonyl (C=O) groups excluding carboxylic acids is 1. The summed E-state index contributed by atoms with van der Waals surface area (Å²) >= 11 is 0. The van der Waals surface area contributed by atoms with Crippen molar-refractivity contribution in [1.29, 1.82) is 0 Å². The average molecular weight is 286 g/mol. The number of benzene rings is 1. The average Bonchev–Trinajstić information content (AvgIpc) is 2.34. The molecule has 4 nitrogen and oxygen atoms in total. The third-order valence-electron chi connectivity index (χ3n) is 2.60. The fourth-order valence-corrected chi connectivity index (χ4v) is 1.70. The molecule has 0 saturated carbocycles. The molecule has 6 heteroatoms. The molecule has 0 aromatic heterocycles. The number of hydrogen-bond donors (Lipinski definition) is 2. The van der Waals surface area contributed by atoms with Crippen molar-refractivity contribution < 1.29 is 18.3 Å². The van der Waals surface area contributed by atoms with Crippen LogP contribution in [-0.4, -0.2) is 25.1 Å². The van der Waals surface area contributed by atoms with E-state index in [0.29, 0.717) is 0 Å². The molecule has 0 saturated heterocycles. The lowest BCUT2D eigenvalue weighted by Gasteiger charge is -2.16. The van der Waals surface area contributed by atoms with E-state index in [1.54, 1.807) is 12.1 Å². The number of nitrogens with one attached hydrogen (secondary N) is 2. The van der Waals surface area contributed by atoms with Crippen LogP contribution in [0.2, 0.25) is 0 Å². The highest BCUT2D eigenvalue weighted by Crippen LogP contribution is 2.20.